The molecule has 86 valence electrons. The Kier molecular flexibility index (Phi) is 3.36. The number of rotatable bonds is 1. The topological polar surface area (TPSA) is 65.2 Å². The lowest BCUT2D eigenvalue weighted by Gasteiger charge is -2.19. The second-order valence-electron chi connectivity index (χ2n) is 3.82. The molecule has 0 unspecified atom stereocenters. The van der Waals surface area contributed by atoms with Gasteiger partial charge < -0.3 is 15.2 Å². The van der Waals surface area contributed by atoms with Crippen molar-refractivity contribution in [3.63, 3.8) is 0 Å². The Balaban J connectivity index is 2.18. The van der Waals surface area contributed by atoms with E-state index in [2.05, 4.69) is 10.3 Å². The molecular weight excluding hydrogens is 206 g/mol. The highest BCUT2D eigenvalue weighted by molar-refractivity contribution is 5.93. The number of aromatic amines is 1. The number of pyridine rings is 1. The molecule has 0 saturated carbocycles. The fourth-order valence-electron chi connectivity index (χ4n) is 1.80. The van der Waals surface area contributed by atoms with Crippen LogP contribution >= 0.6 is 0 Å². The van der Waals surface area contributed by atoms with Gasteiger partial charge in [0.15, 0.2) is 5.43 Å². The lowest BCUT2D eigenvalue weighted by Crippen LogP contribution is -2.36. The molecule has 1 aromatic heterocycles. The van der Waals surface area contributed by atoms with Crippen LogP contribution in [0.3, 0.4) is 0 Å². The van der Waals surface area contributed by atoms with E-state index in [9.17, 15) is 9.59 Å². The lowest BCUT2D eigenvalue weighted by molar-refractivity contribution is 0.0764. The number of hydrogen-bond acceptors (Lipinski definition) is 3. The fraction of sp³-hybridized carbons (Fsp3) is 0.455. The summed E-state index contributed by atoms with van der Waals surface area (Å²) in [5, 5.41) is 3.22. The smallest absolute Gasteiger partial charge is 0.259 e. The summed E-state index contributed by atoms with van der Waals surface area (Å²) >= 11 is 0. The molecule has 16 heavy (non-hydrogen) atoms. The summed E-state index contributed by atoms with van der Waals surface area (Å²) < 4.78 is 0. The minimum absolute atomic E-state index is 0.175. The maximum Gasteiger partial charge on any atom is 0.259 e. The first kappa shape index (κ1) is 10.9. The van der Waals surface area contributed by atoms with Crippen molar-refractivity contribution in [2.24, 2.45) is 0 Å². The van der Waals surface area contributed by atoms with Crippen LogP contribution < -0.4 is 10.7 Å². The summed E-state index contributed by atoms with van der Waals surface area (Å²) in [5.74, 6) is -0.175. The highest BCUT2D eigenvalue weighted by Crippen LogP contribution is 2.01. The van der Waals surface area contributed by atoms with Gasteiger partial charge in [-0.15, -0.1) is 0 Å². The van der Waals surface area contributed by atoms with Crippen LogP contribution in [0.1, 0.15) is 16.8 Å². The van der Waals surface area contributed by atoms with E-state index in [1.165, 1.54) is 18.5 Å². The van der Waals surface area contributed by atoms with E-state index in [4.69, 9.17) is 0 Å². The number of nitrogens with zero attached hydrogens (tertiary/aromatic N) is 1. The van der Waals surface area contributed by atoms with E-state index < -0.39 is 0 Å². The van der Waals surface area contributed by atoms with Crippen LogP contribution in [0.25, 0.3) is 0 Å². The summed E-state index contributed by atoms with van der Waals surface area (Å²) in [6.07, 6.45) is 3.93. The predicted molar refractivity (Wildman–Crippen MR) is 60.5 cm³/mol. The average molecular weight is 221 g/mol. The van der Waals surface area contributed by atoms with Crippen LogP contribution in [0.5, 0.6) is 0 Å². The van der Waals surface area contributed by atoms with Gasteiger partial charge in [0, 0.05) is 38.1 Å². The van der Waals surface area contributed by atoms with Gasteiger partial charge in [0.2, 0.25) is 0 Å². The normalized spacial score (nSPS) is 16.9. The Bertz CT molecular complexity index is 419. The molecule has 1 saturated heterocycles. The number of amides is 1. The summed E-state index contributed by atoms with van der Waals surface area (Å²) in [6.45, 7) is 3.08. The van der Waals surface area contributed by atoms with Crippen molar-refractivity contribution in [2.75, 3.05) is 26.2 Å². The Hall–Kier alpha value is -1.62. The van der Waals surface area contributed by atoms with Crippen molar-refractivity contribution in [3.05, 3.63) is 34.2 Å². The van der Waals surface area contributed by atoms with E-state index in [1.54, 1.807) is 4.90 Å². The highest BCUT2D eigenvalue weighted by atomic mass is 16.2. The Morgan fingerprint density at radius 1 is 1.31 bits per heavy atom. The zero-order valence-corrected chi connectivity index (χ0v) is 9.03. The molecule has 0 radical (unpaired) electrons. The minimum atomic E-state index is -0.221. The van der Waals surface area contributed by atoms with Crippen LogP contribution in [0.15, 0.2) is 23.3 Å². The molecule has 1 amide bonds. The number of aromatic nitrogens is 1. The molecule has 2 N–H and O–H groups in total. The summed E-state index contributed by atoms with van der Waals surface area (Å²) in [6, 6.07) is 1.38. The van der Waals surface area contributed by atoms with E-state index in [1.807, 2.05) is 0 Å². The summed E-state index contributed by atoms with van der Waals surface area (Å²) in [7, 11) is 0. The Morgan fingerprint density at radius 3 is 3.00 bits per heavy atom. The second-order valence-corrected chi connectivity index (χ2v) is 3.82. The first-order valence-electron chi connectivity index (χ1n) is 5.46. The third-order valence-electron chi connectivity index (χ3n) is 2.68. The maximum atomic E-state index is 12.1. The van der Waals surface area contributed by atoms with Crippen molar-refractivity contribution in [1.82, 2.24) is 15.2 Å². The van der Waals surface area contributed by atoms with Gasteiger partial charge in [0.25, 0.3) is 5.91 Å². The highest BCUT2D eigenvalue weighted by Gasteiger charge is 2.18. The van der Waals surface area contributed by atoms with Gasteiger partial charge in [0.1, 0.15) is 5.56 Å². The van der Waals surface area contributed by atoms with Crippen molar-refractivity contribution in [2.45, 2.75) is 6.42 Å². The molecule has 1 aliphatic rings. The molecule has 2 heterocycles. The number of carbonyl (C=O) groups is 1. The number of H-pyrrole nitrogens is 1. The quantitative estimate of drug-likeness (QED) is 0.691. The third-order valence-corrected chi connectivity index (χ3v) is 2.68. The largest absolute Gasteiger partial charge is 0.367 e. The number of nitrogens with one attached hydrogen (secondary N) is 2. The zero-order valence-electron chi connectivity index (χ0n) is 9.03. The molecule has 5 nitrogen and oxygen atoms in total. The summed E-state index contributed by atoms with van der Waals surface area (Å²) in [5.41, 5.74) is 0.00496. The fourth-order valence-corrected chi connectivity index (χ4v) is 1.80. The second kappa shape index (κ2) is 4.94. The molecule has 0 atom stereocenters. The van der Waals surface area contributed by atoms with Gasteiger partial charge in [-0.2, -0.15) is 0 Å². The van der Waals surface area contributed by atoms with Gasteiger partial charge in [-0.1, -0.05) is 0 Å². The minimum Gasteiger partial charge on any atom is -0.367 e. The van der Waals surface area contributed by atoms with Gasteiger partial charge in [-0.3, -0.25) is 9.59 Å². The monoisotopic (exact) mass is 221 g/mol. The van der Waals surface area contributed by atoms with E-state index in [-0.39, 0.29) is 16.9 Å². The van der Waals surface area contributed by atoms with Crippen LogP contribution in [-0.4, -0.2) is 42.0 Å². The van der Waals surface area contributed by atoms with Crippen molar-refractivity contribution < 1.29 is 4.79 Å². The number of hydrogen-bond donors (Lipinski definition) is 2. The van der Waals surface area contributed by atoms with Gasteiger partial charge in [-0.05, 0) is 13.0 Å². The van der Waals surface area contributed by atoms with E-state index in [0.29, 0.717) is 13.1 Å². The lowest BCUT2D eigenvalue weighted by atomic mass is 10.2. The van der Waals surface area contributed by atoms with Crippen molar-refractivity contribution in [1.29, 1.82) is 0 Å². The van der Waals surface area contributed by atoms with Gasteiger partial charge in [-0.25, -0.2) is 0 Å². The van der Waals surface area contributed by atoms with Crippen LogP contribution in [0.2, 0.25) is 0 Å². The number of carbonyl (C=O) groups excluding carboxylic acids is 1. The first-order valence-corrected chi connectivity index (χ1v) is 5.46. The SMILES string of the molecule is O=C(c1c[nH]ccc1=O)N1CCCNCC1. The van der Waals surface area contributed by atoms with Crippen LogP contribution in [-0.2, 0) is 0 Å². The molecule has 0 aromatic carbocycles. The predicted octanol–water partition coefficient (Wildman–Crippen LogP) is -0.190. The van der Waals surface area contributed by atoms with Gasteiger partial charge >= 0.3 is 0 Å². The van der Waals surface area contributed by atoms with Crippen LogP contribution in [0.4, 0.5) is 0 Å². The molecule has 2 rings (SSSR count). The molecule has 1 fully saturated rings. The Morgan fingerprint density at radius 2 is 2.19 bits per heavy atom. The standard InChI is InChI=1S/C11H15N3O2/c15-10-2-4-13-8-9(10)11(16)14-6-1-3-12-5-7-14/h2,4,8,12H,1,3,5-7H2,(H,13,15). The van der Waals surface area contributed by atoms with Crippen molar-refractivity contribution >= 4 is 5.91 Å². The van der Waals surface area contributed by atoms with E-state index in [0.717, 1.165) is 19.5 Å². The molecule has 0 aliphatic carbocycles. The van der Waals surface area contributed by atoms with Gasteiger partial charge in [0.05, 0.1) is 0 Å². The van der Waals surface area contributed by atoms with Crippen LogP contribution in [0, 0.1) is 0 Å². The van der Waals surface area contributed by atoms with E-state index >= 15 is 0 Å². The van der Waals surface area contributed by atoms with Crippen molar-refractivity contribution in [3.8, 4) is 0 Å². The Labute approximate surface area is 93.5 Å². The summed E-state index contributed by atoms with van der Waals surface area (Å²) in [4.78, 5) is 28.1. The zero-order chi connectivity index (χ0) is 11.4. The average Bonchev–Trinajstić information content (AvgIpc) is 2.57. The molecule has 0 spiro atoms. The molecular formula is C11H15N3O2. The third kappa shape index (κ3) is 2.30. The molecule has 0 bridgehead atoms. The maximum absolute atomic E-state index is 12.1. The molecule has 5 heteroatoms. The first-order chi connectivity index (χ1) is 7.79. The molecule has 1 aromatic rings. The molecule has 1 aliphatic heterocycles.